The fourth-order valence-electron chi connectivity index (χ4n) is 2.19. The normalized spacial score (nSPS) is 11.0. The number of benzene rings is 3. The van der Waals surface area contributed by atoms with Gasteiger partial charge in [0.1, 0.15) is 5.82 Å². The largest absolute Gasteiger partial charge is 0.271 e. The fourth-order valence-corrected chi connectivity index (χ4v) is 2.19. The van der Waals surface area contributed by atoms with E-state index in [1.165, 1.54) is 24.3 Å². The third-order valence-corrected chi connectivity index (χ3v) is 3.30. The van der Waals surface area contributed by atoms with Gasteiger partial charge in [0.2, 0.25) is 0 Å². The van der Waals surface area contributed by atoms with Crippen molar-refractivity contribution < 1.29 is 9.18 Å². The number of fused-ring (bicyclic) bond motifs is 1. The molecule has 0 unspecified atom stereocenters. The molecule has 1 N–H and O–H groups in total. The van der Waals surface area contributed by atoms with Gasteiger partial charge in [-0.05, 0) is 35.0 Å². The molecule has 3 aromatic rings. The monoisotopic (exact) mass is 292 g/mol. The molecule has 0 aliphatic heterocycles. The van der Waals surface area contributed by atoms with E-state index in [0.717, 1.165) is 16.3 Å². The Labute approximate surface area is 127 Å². The highest BCUT2D eigenvalue weighted by atomic mass is 19.1. The van der Waals surface area contributed by atoms with Crippen molar-refractivity contribution in [3.05, 3.63) is 83.7 Å². The van der Waals surface area contributed by atoms with E-state index in [1.807, 2.05) is 42.5 Å². The minimum atomic E-state index is -0.379. The summed E-state index contributed by atoms with van der Waals surface area (Å²) in [6.07, 6.45) is 1.60. The third kappa shape index (κ3) is 3.01. The molecule has 0 atom stereocenters. The number of hydrogen-bond donors (Lipinski definition) is 1. The number of hydrazone groups is 1. The third-order valence-electron chi connectivity index (χ3n) is 3.30. The average molecular weight is 292 g/mol. The van der Waals surface area contributed by atoms with Gasteiger partial charge >= 0.3 is 0 Å². The Bertz CT molecular complexity index is 836. The van der Waals surface area contributed by atoms with Crippen LogP contribution in [0.1, 0.15) is 15.9 Å². The van der Waals surface area contributed by atoms with Gasteiger partial charge in [-0.25, -0.2) is 9.82 Å². The number of nitrogens with one attached hydrogen (secondary N) is 1. The SMILES string of the molecule is O=C(N/N=C\c1cccc2ccccc12)c1ccc(F)cc1. The first-order valence-electron chi connectivity index (χ1n) is 6.81. The standard InChI is InChI=1S/C18H13FN2O/c19-16-10-8-14(9-11-16)18(22)21-20-12-15-6-3-5-13-4-1-2-7-17(13)15/h1-12H,(H,21,22)/b20-12-. The lowest BCUT2D eigenvalue weighted by Gasteiger charge is -2.02. The lowest BCUT2D eigenvalue weighted by atomic mass is 10.1. The van der Waals surface area contributed by atoms with Crippen molar-refractivity contribution in [2.75, 3.05) is 0 Å². The van der Waals surface area contributed by atoms with E-state index in [-0.39, 0.29) is 11.7 Å². The number of rotatable bonds is 3. The highest BCUT2D eigenvalue weighted by Crippen LogP contribution is 2.16. The Morgan fingerprint density at radius 1 is 0.955 bits per heavy atom. The molecule has 0 aliphatic carbocycles. The van der Waals surface area contributed by atoms with Gasteiger partial charge in [-0.15, -0.1) is 0 Å². The van der Waals surface area contributed by atoms with Crippen LogP contribution in [0.4, 0.5) is 4.39 Å². The Morgan fingerprint density at radius 3 is 2.50 bits per heavy atom. The molecule has 22 heavy (non-hydrogen) atoms. The molecule has 0 bridgehead atoms. The number of amides is 1. The predicted molar refractivity (Wildman–Crippen MR) is 85.4 cm³/mol. The lowest BCUT2D eigenvalue weighted by Crippen LogP contribution is -2.17. The van der Waals surface area contributed by atoms with Crippen molar-refractivity contribution in [1.29, 1.82) is 0 Å². The minimum absolute atomic E-state index is 0.358. The second-order valence-electron chi connectivity index (χ2n) is 4.77. The topological polar surface area (TPSA) is 41.5 Å². The van der Waals surface area contributed by atoms with E-state index in [2.05, 4.69) is 10.5 Å². The first-order valence-corrected chi connectivity index (χ1v) is 6.81. The molecule has 0 fully saturated rings. The maximum absolute atomic E-state index is 12.8. The number of halogens is 1. The Balaban J connectivity index is 1.76. The summed E-state index contributed by atoms with van der Waals surface area (Å²) in [6, 6.07) is 19.1. The molecule has 3 nitrogen and oxygen atoms in total. The average Bonchev–Trinajstić information content (AvgIpc) is 2.55. The molecule has 0 spiro atoms. The summed E-state index contributed by atoms with van der Waals surface area (Å²) < 4.78 is 12.8. The van der Waals surface area contributed by atoms with Gasteiger partial charge < -0.3 is 0 Å². The predicted octanol–water partition coefficient (Wildman–Crippen LogP) is 3.74. The quantitative estimate of drug-likeness (QED) is 0.580. The molecule has 0 saturated heterocycles. The molecule has 3 aromatic carbocycles. The lowest BCUT2D eigenvalue weighted by molar-refractivity contribution is 0.0955. The molecule has 0 aromatic heterocycles. The summed E-state index contributed by atoms with van der Waals surface area (Å²) in [5.74, 6) is -0.757. The zero-order valence-corrected chi connectivity index (χ0v) is 11.7. The smallest absolute Gasteiger partial charge is 0.267 e. The summed E-state index contributed by atoms with van der Waals surface area (Å²) in [6.45, 7) is 0. The van der Waals surface area contributed by atoms with Crippen molar-refractivity contribution >= 4 is 22.9 Å². The number of carbonyl (C=O) groups excluding carboxylic acids is 1. The van der Waals surface area contributed by atoms with Crippen molar-refractivity contribution in [3.63, 3.8) is 0 Å². The van der Waals surface area contributed by atoms with Crippen LogP contribution in [0.3, 0.4) is 0 Å². The van der Waals surface area contributed by atoms with Gasteiger partial charge in [0.05, 0.1) is 6.21 Å². The van der Waals surface area contributed by atoms with Crippen molar-refractivity contribution in [2.45, 2.75) is 0 Å². The van der Waals surface area contributed by atoms with Gasteiger partial charge in [-0.1, -0.05) is 42.5 Å². The number of hydrogen-bond acceptors (Lipinski definition) is 2. The second-order valence-corrected chi connectivity index (χ2v) is 4.77. The van der Waals surface area contributed by atoms with Crippen LogP contribution in [-0.2, 0) is 0 Å². The van der Waals surface area contributed by atoms with Crippen LogP contribution in [0.5, 0.6) is 0 Å². The van der Waals surface area contributed by atoms with Crippen LogP contribution in [0.15, 0.2) is 71.8 Å². The van der Waals surface area contributed by atoms with Crippen LogP contribution >= 0.6 is 0 Å². The second kappa shape index (κ2) is 6.18. The van der Waals surface area contributed by atoms with Gasteiger partial charge in [-0.3, -0.25) is 4.79 Å². The summed E-state index contributed by atoms with van der Waals surface area (Å²) in [5.41, 5.74) is 3.71. The van der Waals surface area contributed by atoms with Crippen LogP contribution < -0.4 is 5.43 Å². The molecular formula is C18H13FN2O. The minimum Gasteiger partial charge on any atom is -0.267 e. The van der Waals surface area contributed by atoms with E-state index in [4.69, 9.17) is 0 Å². The molecule has 0 saturated carbocycles. The van der Waals surface area contributed by atoms with E-state index in [9.17, 15) is 9.18 Å². The molecule has 0 aliphatic rings. The van der Waals surface area contributed by atoms with Crippen LogP contribution in [-0.4, -0.2) is 12.1 Å². The molecule has 108 valence electrons. The van der Waals surface area contributed by atoms with E-state index in [1.54, 1.807) is 6.21 Å². The molecule has 1 amide bonds. The van der Waals surface area contributed by atoms with Crippen LogP contribution in [0, 0.1) is 5.82 Å². The van der Waals surface area contributed by atoms with E-state index < -0.39 is 0 Å². The maximum Gasteiger partial charge on any atom is 0.271 e. The molecule has 0 radical (unpaired) electrons. The summed E-state index contributed by atoms with van der Waals surface area (Å²) >= 11 is 0. The van der Waals surface area contributed by atoms with Crippen LogP contribution in [0.2, 0.25) is 0 Å². The van der Waals surface area contributed by atoms with Crippen LogP contribution in [0.25, 0.3) is 10.8 Å². The van der Waals surface area contributed by atoms with Crippen molar-refractivity contribution in [2.24, 2.45) is 5.10 Å². The molecule has 4 heteroatoms. The van der Waals surface area contributed by atoms with Crippen molar-refractivity contribution in [1.82, 2.24) is 5.43 Å². The number of carbonyl (C=O) groups is 1. The molecular weight excluding hydrogens is 279 g/mol. The first kappa shape index (κ1) is 13.9. The molecule has 3 rings (SSSR count). The summed E-state index contributed by atoms with van der Waals surface area (Å²) in [5, 5.41) is 6.14. The summed E-state index contributed by atoms with van der Waals surface area (Å²) in [4.78, 5) is 11.9. The number of nitrogens with zero attached hydrogens (tertiary/aromatic N) is 1. The zero-order valence-electron chi connectivity index (χ0n) is 11.7. The highest BCUT2D eigenvalue weighted by Gasteiger charge is 2.03. The first-order chi connectivity index (χ1) is 10.7. The summed E-state index contributed by atoms with van der Waals surface area (Å²) in [7, 11) is 0. The van der Waals surface area contributed by atoms with Gasteiger partial charge in [0.15, 0.2) is 0 Å². The highest BCUT2D eigenvalue weighted by molar-refractivity contribution is 6.00. The van der Waals surface area contributed by atoms with Gasteiger partial charge in [-0.2, -0.15) is 5.10 Å². The Morgan fingerprint density at radius 2 is 1.68 bits per heavy atom. The van der Waals surface area contributed by atoms with Crippen molar-refractivity contribution in [3.8, 4) is 0 Å². The Kier molecular flexibility index (Phi) is 3.92. The Hall–Kier alpha value is -3.01. The maximum atomic E-state index is 12.8. The van der Waals surface area contributed by atoms with Gasteiger partial charge in [0, 0.05) is 11.1 Å². The van der Waals surface area contributed by atoms with Gasteiger partial charge in [0.25, 0.3) is 5.91 Å². The molecule has 0 heterocycles. The van der Waals surface area contributed by atoms with E-state index in [0.29, 0.717) is 5.56 Å². The fraction of sp³-hybridized carbons (Fsp3) is 0. The zero-order chi connectivity index (χ0) is 15.4. The van der Waals surface area contributed by atoms with E-state index >= 15 is 0 Å².